The third-order valence-electron chi connectivity index (χ3n) is 4.36. The maximum atomic E-state index is 13.2. The smallest absolute Gasteiger partial charge is 0.247 e. The van der Waals surface area contributed by atoms with Crippen molar-refractivity contribution >= 4 is 28.3 Å². The Hall–Kier alpha value is -1.86. The standard InChI is InChI=1S/C17H24N4O4S.ClH/c1-25-15-10-13(11-19)5-6-16(15)26(23,24)21-9-3-2-4-14(21)12-20-17(22)7-8-18;/h5-6,10,14H,2-4,7-9,12,18H2,1H3,(H,20,22);1H. The SMILES string of the molecule is COc1cc(C#N)ccc1S(=O)(=O)N1CCCCC1CNC(=O)CCN.Cl. The number of benzene rings is 1. The van der Waals surface area contributed by atoms with Crippen LogP contribution in [0, 0.1) is 11.3 Å². The van der Waals surface area contributed by atoms with Crippen molar-refractivity contribution in [2.75, 3.05) is 26.7 Å². The predicted octanol–water partition coefficient (Wildman–Crippen LogP) is 0.997. The van der Waals surface area contributed by atoms with Gasteiger partial charge in [-0.3, -0.25) is 4.79 Å². The largest absolute Gasteiger partial charge is 0.495 e. The number of methoxy groups -OCH3 is 1. The number of hydrogen-bond acceptors (Lipinski definition) is 6. The monoisotopic (exact) mass is 416 g/mol. The number of ether oxygens (including phenoxy) is 1. The Kier molecular flexibility index (Phi) is 8.99. The van der Waals surface area contributed by atoms with Gasteiger partial charge >= 0.3 is 0 Å². The summed E-state index contributed by atoms with van der Waals surface area (Å²) in [6, 6.07) is 5.91. The number of carbonyl (C=O) groups excluding carboxylic acids is 1. The van der Waals surface area contributed by atoms with Gasteiger partial charge in [-0.05, 0) is 31.0 Å². The Morgan fingerprint density at radius 3 is 2.81 bits per heavy atom. The highest BCUT2D eigenvalue weighted by atomic mass is 35.5. The van der Waals surface area contributed by atoms with Gasteiger partial charge in [0, 0.05) is 32.1 Å². The molecule has 8 nitrogen and oxygen atoms in total. The fourth-order valence-electron chi connectivity index (χ4n) is 3.02. The molecule has 10 heteroatoms. The Balaban J connectivity index is 0.00000364. The number of carbonyl (C=O) groups is 1. The third-order valence-corrected chi connectivity index (χ3v) is 6.35. The molecule has 27 heavy (non-hydrogen) atoms. The van der Waals surface area contributed by atoms with E-state index in [1.54, 1.807) is 0 Å². The van der Waals surface area contributed by atoms with Crippen LogP contribution in [0.3, 0.4) is 0 Å². The van der Waals surface area contributed by atoms with Crippen LogP contribution in [0.1, 0.15) is 31.2 Å². The summed E-state index contributed by atoms with van der Waals surface area (Å²) in [4.78, 5) is 11.7. The fourth-order valence-corrected chi connectivity index (χ4v) is 4.85. The molecule has 1 atom stereocenters. The van der Waals surface area contributed by atoms with Crippen LogP contribution in [0.25, 0.3) is 0 Å². The number of hydrogen-bond donors (Lipinski definition) is 2. The van der Waals surface area contributed by atoms with Crippen molar-refractivity contribution in [1.29, 1.82) is 5.26 Å². The molecule has 0 saturated carbocycles. The molecule has 0 aromatic heterocycles. The van der Waals surface area contributed by atoms with Gasteiger partial charge in [0.15, 0.2) is 0 Å². The average molecular weight is 417 g/mol. The number of halogens is 1. The van der Waals surface area contributed by atoms with E-state index in [-0.39, 0.29) is 54.5 Å². The molecule has 1 saturated heterocycles. The van der Waals surface area contributed by atoms with Gasteiger partial charge in [0.1, 0.15) is 10.6 Å². The first-order chi connectivity index (χ1) is 12.4. The lowest BCUT2D eigenvalue weighted by molar-refractivity contribution is -0.121. The van der Waals surface area contributed by atoms with Crippen molar-refractivity contribution < 1.29 is 17.9 Å². The van der Waals surface area contributed by atoms with Crippen molar-refractivity contribution in [2.24, 2.45) is 5.73 Å². The van der Waals surface area contributed by atoms with E-state index < -0.39 is 10.0 Å². The van der Waals surface area contributed by atoms with Crippen LogP contribution in [-0.4, -0.2) is 51.4 Å². The third kappa shape index (κ3) is 5.56. The zero-order valence-corrected chi connectivity index (χ0v) is 16.8. The van der Waals surface area contributed by atoms with Crippen molar-refractivity contribution in [1.82, 2.24) is 9.62 Å². The van der Waals surface area contributed by atoms with Gasteiger partial charge in [0.2, 0.25) is 15.9 Å². The summed E-state index contributed by atoms with van der Waals surface area (Å²) in [5.41, 5.74) is 5.69. The molecule has 0 spiro atoms. The lowest BCUT2D eigenvalue weighted by Gasteiger charge is -2.35. The van der Waals surface area contributed by atoms with Crippen LogP contribution in [0.4, 0.5) is 0 Å². The molecule has 1 heterocycles. The summed E-state index contributed by atoms with van der Waals surface area (Å²) in [6.45, 7) is 0.876. The zero-order valence-electron chi connectivity index (χ0n) is 15.2. The summed E-state index contributed by atoms with van der Waals surface area (Å²) < 4.78 is 33.0. The molecule has 1 aromatic rings. The first-order valence-electron chi connectivity index (χ1n) is 8.50. The van der Waals surface area contributed by atoms with Gasteiger partial charge in [-0.25, -0.2) is 8.42 Å². The van der Waals surface area contributed by atoms with E-state index in [1.165, 1.54) is 29.6 Å². The van der Waals surface area contributed by atoms with E-state index in [1.807, 2.05) is 6.07 Å². The molecule has 3 N–H and O–H groups in total. The number of sulfonamides is 1. The van der Waals surface area contributed by atoms with Gasteiger partial charge < -0.3 is 15.8 Å². The summed E-state index contributed by atoms with van der Waals surface area (Å²) in [5.74, 6) is -0.0492. The van der Waals surface area contributed by atoms with E-state index in [4.69, 9.17) is 15.7 Å². The van der Waals surface area contributed by atoms with Gasteiger partial charge in [0.25, 0.3) is 0 Å². The Morgan fingerprint density at radius 1 is 1.44 bits per heavy atom. The van der Waals surface area contributed by atoms with E-state index >= 15 is 0 Å². The lowest BCUT2D eigenvalue weighted by Crippen LogP contribution is -2.49. The van der Waals surface area contributed by atoms with Crippen LogP contribution >= 0.6 is 12.4 Å². The van der Waals surface area contributed by atoms with Crippen LogP contribution in [0.15, 0.2) is 23.1 Å². The van der Waals surface area contributed by atoms with Crippen molar-refractivity contribution in [3.63, 3.8) is 0 Å². The Morgan fingerprint density at radius 2 is 2.19 bits per heavy atom. The number of nitrogens with two attached hydrogens (primary N) is 1. The average Bonchev–Trinajstić information content (AvgIpc) is 2.66. The van der Waals surface area contributed by atoms with Crippen LogP contribution in [0.2, 0.25) is 0 Å². The molecule has 150 valence electrons. The maximum Gasteiger partial charge on any atom is 0.247 e. The number of piperidine rings is 1. The molecule has 1 aliphatic rings. The first kappa shape index (κ1) is 23.2. The molecule has 1 amide bonds. The zero-order chi connectivity index (χ0) is 19.2. The van der Waals surface area contributed by atoms with E-state index in [0.29, 0.717) is 18.5 Å². The van der Waals surface area contributed by atoms with Gasteiger partial charge in [0.05, 0.1) is 18.7 Å². The topological polar surface area (TPSA) is 126 Å². The van der Waals surface area contributed by atoms with Crippen LogP contribution in [0.5, 0.6) is 5.75 Å². The number of nitrogens with one attached hydrogen (secondary N) is 1. The normalized spacial score (nSPS) is 17.4. The maximum absolute atomic E-state index is 13.2. The van der Waals surface area contributed by atoms with E-state index in [0.717, 1.165) is 12.8 Å². The number of rotatable bonds is 7. The minimum Gasteiger partial charge on any atom is -0.495 e. The van der Waals surface area contributed by atoms with E-state index in [2.05, 4.69) is 5.32 Å². The molecule has 1 fully saturated rings. The van der Waals surface area contributed by atoms with Crippen LogP contribution < -0.4 is 15.8 Å². The molecule has 1 aliphatic heterocycles. The predicted molar refractivity (Wildman–Crippen MR) is 103 cm³/mol. The molecule has 0 bridgehead atoms. The summed E-state index contributed by atoms with van der Waals surface area (Å²) in [5, 5.41) is 11.7. The Bertz CT molecular complexity index is 795. The minimum atomic E-state index is -3.82. The highest BCUT2D eigenvalue weighted by Gasteiger charge is 2.35. The van der Waals surface area contributed by atoms with Gasteiger partial charge in [-0.15, -0.1) is 12.4 Å². The second kappa shape index (κ2) is 10.5. The van der Waals surface area contributed by atoms with E-state index in [9.17, 15) is 13.2 Å². The van der Waals surface area contributed by atoms with Crippen LogP contribution in [-0.2, 0) is 14.8 Å². The summed E-state index contributed by atoms with van der Waals surface area (Å²) >= 11 is 0. The Labute approximate surface area is 166 Å². The molecular weight excluding hydrogens is 392 g/mol. The fraction of sp³-hybridized carbons (Fsp3) is 0.529. The summed E-state index contributed by atoms with van der Waals surface area (Å²) in [7, 11) is -2.44. The van der Waals surface area contributed by atoms with Crippen molar-refractivity contribution in [2.45, 2.75) is 36.6 Å². The molecule has 1 aromatic carbocycles. The minimum absolute atomic E-state index is 0. The number of nitrogens with zero attached hydrogens (tertiary/aromatic N) is 2. The lowest BCUT2D eigenvalue weighted by atomic mass is 10.1. The summed E-state index contributed by atoms with van der Waals surface area (Å²) in [6.07, 6.45) is 2.53. The first-order valence-corrected chi connectivity index (χ1v) is 9.94. The quantitative estimate of drug-likeness (QED) is 0.682. The molecular formula is C17H25ClN4O4S. The molecule has 0 radical (unpaired) electrons. The van der Waals surface area contributed by atoms with Gasteiger partial charge in [-0.1, -0.05) is 6.42 Å². The number of amides is 1. The molecule has 1 unspecified atom stereocenters. The highest BCUT2D eigenvalue weighted by Crippen LogP contribution is 2.31. The van der Waals surface area contributed by atoms with Crippen molar-refractivity contribution in [3.8, 4) is 11.8 Å². The molecule has 0 aliphatic carbocycles. The number of nitriles is 1. The van der Waals surface area contributed by atoms with Crippen molar-refractivity contribution in [3.05, 3.63) is 23.8 Å². The highest BCUT2D eigenvalue weighted by molar-refractivity contribution is 7.89. The van der Waals surface area contributed by atoms with Gasteiger partial charge in [-0.2, -0.15) is 9.57 Å². The second-order valence-electron chi connectivity index (χ2n) is 6.09. The second-order valence-corrected chi connectivity index (χ2v) is 7.94. The molecule has 2 rings (SSSR count).